The van der Waals surface area contributed by atoms with Gasteiger partial charge in [-0.25, -0.2) is 0 Å². The van der Waals surface area contributed by atoms with E-state index >= 15 is 0 Å². The van der Waals surface area contributed by atoms with Crippen LogP contribution in [-0.2, 0) is 26.3 Å². The van der Waals surface area contributed by atoms with Gasteiger partial charge in [0.25, 0.3) is 0 Å². The minimum absolute atomic E-state index is 0.0802. The number of rotatable bonds is 5. The lowest BCUT2D eigenvalue weighted by Crippen LogP contribution is -2.26. The lowest BCUT2D eigenvalue weighted by Gasteiger charge is -2.12. The average molecular weight is 272 g/mol. The molecule has 2 aromatic rings. The van der Waals surface area contributed by atoms with Crippen LogP contribution in [0.4, 0.5) is 0 Å². The highest BCUT2D eigenvalue weighted by Gasteiger charge is 2.14. The molecule has 1 unspecified atom stereocenters. The molecule has 0 amide bonds. The van der Waals surface area contributed by atoms with Gasteiger partial charge in [-0.2, -0.15) is 5.10 Å². The molecule has 0 fully saturated rings. The molecule has 4 nitrogen and oxygen atoms in total. The molecular formula is C16H24N4. The van der Waals surface area contributed by atoms with E-state index in [1.165, 1.54) is 16.8 Å². The summed E-state index contributed by atoms with van der Waals surface area (Å²) in [5.74, 6) is 0. The van der Waals surface area contributed by atoms with Crippen molar-refractivity contribution in [2.75, 3.05) is 0 Å². The van der Waals surface area contributed by atoms with Crippen LogP contribution < -0.4 is 5.73 Å². The van der Waals surface area contributed by atoms with E-state index in [1.54, 1.807) is 0 Å². The van der Waals surface area contributed by atoms with E-state index in [0.717, 1.165) is 30.7 Å². The zero-order chi connectivity index (χ0) is 14.7. The third-order valence-electron chi connectivity index (χ3n) is 3.89. The zero-order valence-corrected chi connectivity index (χ0v) is 12.8. The Kier molecular flexibility index (Phi) is 4.55. The molecule has 0 aliphatic heterocycles. The summed E-state index contributed by atoms with van der Waals surface area (Å²) < 4.78 is 1.92. The average Bonchev–Trinajstić information content (AvgIpc) is 2.66. The van der Waals surface area contributed by atoms with Crippen molar-refractivity contribution in [3.05, 3.63) is 46.5 Å². The number of nitrogens with two attached hydrogens (primary N) is 1. The molecule has 0 aliphatic carbocycles. The fourth-order valence-corrected chi connectivity index (χ4v) is 2.50. The predicted octanol–water partition coefficient (Wildman–Crippen LogP) is 2.11. The van der Waals surface area contributed by atoms with E-state index in [2.05, 4.69) is 36.1 Å². The molecule has 2 N–H and O–H groups in total. The second-order valence-electron chi connectivity index (χ2n) is 5.45. The molecule has 0 aliphatic rings. The molecule has 0 radical (unpaired) electrons. The molecule has 2 heterocycles. The Balaban J connectivity index is 2.02. The standard InChI is InChI=1S/C16H24N4/c1-5-13-6-7-15(18-10-13)8-14(17)9-16-11(2)19-20(4)12(16)3/h6-7,10,14H,5,8-9,17H2,1-4H3. The van der Waals surface area contributed by atoms with Crippen LogP contribution in [-0.4, -0.2) is 20.8 Å². The van der Waals surface area contributed by atoms with Crippen molar-refractivity contribution >= 4 is 0 Å². The number of aryl methyl sites for hydroxylation is 3. The van der Waals surface area contributed by atoms with Crippen LogP contribution in [0.15, 0.2) is 18.3 Å². The third-order valence-corrected chi connectivity index (χ3v) is 3.89. The van der Waals surface area contributed by atoms with Crippen LogP contribution in [0.1, 0.15) is 35.1 Å². The van der Waals surface area contributed by atoms with Crippen molar-refractivity contribution in [1.82, 2.24) is 14.8 Å². The van der Waals surface area contributed by atoms with Crippen molar-refractivity contribution in [3.8, 4) is 0 Å². The van der Waals surface area contributed by atoms with Crippen LogP contribution in [0.25, 0.3) is 0 Å². The number of nitrogens with zero attached hydrogens (tertiary/aromatic N) is 3. The van der Waals surface area contributed by atoms with Gasteiger partial charge in [0.05, 0.1) is 5.69 Å². The molecule has 0 saturated carbocycles. The number of hydrogen-bond acceptors (Lipinski definition) is 3. The van der Waals surface area contributed by atoms with Gasteiger partial charge in [0.2, 0.25) is 0 Å². The van der Waals surface area contributed by atoms with E-state index in [-0.39, 0.29) is 6.04 Å². The first kappa shape index (κ1) is 14.7. The molecule has 0 aromatic carbocycles. The molecule has 20 heavy (non-hydrogen) atoms. The van der Waals surface area contributed by atoms with Crippen LogP contribution in [0.2, 0.25) is 0 Å². The fraction of sp³-hybridized carbons (Fsp3) is 0.500. The van der Waals surface area contributed by atoms with Gasteiger partial charge in [-0.15, -0.1) is 0 Å². The molecule has 1 atom stereocenters. The number of hydrogen-bond donors (Lipinski definition) is 1. The summed E-state index contributed by atoms with van der Waals surface area (Å²) in [6.07, 6.45) is 4.62. The third kappa shape index (κ3) is 3.25. The SMILES string of the molecule is CCc1ccc(CC(N)Cc2c(C)nn(C)c2C)nc1. The van der Waals surface area contributed by atoms with Gasteiger partial charge in [-0.3, -0.25) is 9.67 Å². The van der Waals surface area contributed by atoms with Crippen molar-refractivity contribution < 1.29 is 0 Å². The number of aromatic nitrogens is 3. The molecular weight excluding hydrogens is 248 g/mol. The largest absolute Gasteiger partial charge is 0.327 e. The highest BCUT2D eigenvalue weighted by molar-refractivity contribution is 5.26. The molecule has 2 aromatic heterocycles. The lowest BCUT2D eigenvalue weighted by atomic mass is 10.0. The van der Waals surface area contributed by atoms with Gasteiger partial charge in [0, 0.05) is 37.1 Å². The first-order valence-electron chi connectivity index (χ1n) is 7.19. The van der Waals surface area contributed by atoms with E-state index in [4.69, 9.17) is 5.73 Å². The van der Waals surface area contributed by atoms with E-state index < -0.39 is 0 Å². The van der Waals surface area contributed by atoms with Crippen molar-refractivity contribution in [1.29, 1.82) is 0 Å². The summed E-state index contributed by atoms with van der Waals surface area (Å²) in [7, 11) is 1.97. The first-order chi connectivity index (χ1) is 9.51. The maximum atomic E-state index is 6.28. The van der Waals surface area contributed by atoms with Crippen LogP contribution in [0, 0.1) is 13.8 Å². The monoisotopic (exact) mass is 272 g/mol. The first-order valence-corrected chi connectivity index (χ1v) is 7.19. The van der Waals surface area contributed by atoms with Gasteiger partial charge in [-0.1, -0.05) is 13.0 Å². The normalized spacial score (nSPS) is 12.7. The van der Waals surface area contributed by atoms with Crippen LogP contribution in [0.3, 0.4) is 0 Å². The second kappa shape index (κ2) is 6.18. The van der Waals surface area contributed by atoms with E-state index in [0.29, 0.717) is 0 Å². The van der Waals surface area contributed by atoms with Crippen molar-refractivity contribution in [2.45, 2.75) is 46.1 Å². The highest BCUT2D eigenvalue weighted by atomic mass is 15.3. The van der Waals surface area contributed by atoms with Crippen molar-refractivity contribution in [2.24, 2.45) is 12.8 Å². The topological polar surface area (TPSA) is 56.7 Å². The Morgan fingerprint density at radius 3 is 2.50 bits per heavy atom. The summed E-state index contributed by atoms with van der Waals surface area (Å²) in [5.41, 5.74) is 12.2. The minimum Gasteiger partial charge on any atom is -0.327 e. The van der Waals surface area contributed by atoms with Gasteiger partial charge in [0.1, 0.15) is 0 Å². The predicted molar refractivity (Wildman–Crippen MR) is 81.7 cm³/mol. The Labute approximate surface area is 121 Å². The summed E-state index contributed by atoms with van der Waals surface area (Å²) in [6.45, 7) is 6.27. The summed E-state index contributed by atoms with van der Waals surface area (Å²) in [6, 6.07) is 4.30. The zero-order valence-electron chi connectivity index (χ0n) is 12.8. The lowest BCUT2D eigenvalue weighted by molar-refractivity contribution is 0.648. The van der Waals surface area contributed by atoms with Gasteiger partial charge in [-0.05, 0) is 43.9 Å². The Morgan fingerprint density at radius 1 is 1.25 bits per heavy atom. The van der Waals surface area contributed by atoms with Gasteiger partial charge >= 0.3 is 0 Å². The second-order valence-corrected chi connectivity index (χ2v) is 5.45. The van der Waals surface area contributed by atoms with Crippen LogP contribution in [0.5, 0.6) is 0 Å². The fourth-order valence-electron chi connectivity index (χ4n) is 2.50. The Morgan fingerprint density at radius 2 is 2.00 bits per heavy atom. The van der Waals surface area contributed by atoms with Crippen molar-refractivity contribution in [3.63, 3.8) is 0 Å². The highest BCUT2D eigenvalue weighted by Crippen LogP contribution is 2.15. The minimum atomic E-state index is 0.0802. The Bertz CT molecular complexity index is 569. The maximum absolute atomic E-state index is 6.28. The summed E-state index contributed by atoms with van der Waals surface area (Å²) in [4.78, 5) is 4.48. The van der Waals surface area contributed by atoms with Gasteiger partial charge < -0.3 is 5.73 Å². The molecule has 108 valence electrons. The maximum Gasteiger partial charge on any atom is 0.0628 e. The molecule has 0 spiro atoms. The smallest absolute Gasteiger partial charge is 0.0628 e. The molecule has 0 bridgehead atoms. The summed E-state index contributed by atoms with van der Waals surface area (Å²) in [5, 5.41) is 4.44. The quantitative estimate of drug-likeness (QED) is 0.907. The summed E-state index contributed by atoms with van der Waals surface area (Å²) >= 11 is 0. The molecule has 0 saturated heterocycles. The van der Waals surface area contributed by atoms with E-state index in [1.807, 2.05) is 24.9 Å². The van der Waals surface area contributed by atoms with E-state index in [9.17, 15) is 0 Å². The van der Waals surface area contributed by atoms with Crippen LogP contribution >= 0.6 is 0 Å². The molecule has 4 heteroatoms. The Hall–Kier alpha value is -1.68. The van der Waals surface area contributed by atoms with Gasteiger partial charge in [0.15, 0.2) is 0 Å². The molecule has 2 rings (SSSR count). The number of pyridine rings is 1.